The van der Waals surface area contributed by atoms with Crippen molar-refractivity contribution in [3.05, 3.63) is 167 Å². The maximum absolute atomic E-state index is 7.64. The number of hydrogen-bond donors (Lipinski definition) is 0. The van der Waals surface area contributed by atoms with E-state index in [1.54, 1.807) is 24.3 Å². The van der Waals surface area contributed by atoms with E-state index in [0.29, 0.717) is 11.4 Å². The van der Waals surface area contributed by atoms with Crippen LogP contribution in [0.3, 0.4) is 0 Å². The molecule has 0 amide bonds. The molecule has 0 N–H and O–H groups in total. The molecule has 2 radical (unpaired) electrons. The van der Waals surface area contributed by atoms with Gasteiger partial charge in [0.1, 0.15) is 0 Å². The van der Waals surface area contributed by atoms with Gasteiger partial charge in [-0.15, -0.1) is 59.7 Å². The average molecular weight is 1010 g/mol. The van der Waals surface area contributed by atoms with Crippen LogP contribution in [0.15, 0.2) is 122 Å². The van der Waals surface area contributed by atoms with Crippen LogP contribution in [-0.4, -0.2) is 9.97 Å². The van der Waals surface area contributed by atoms with Crippen LogP contribution in [0.25, 0.3) is 67.0 Å². The molecule has 7 aromatic rings. The number of rotatable bonds is 6. The van der Waals surface area contributed by atoms with Gasteiger partial charge in [0.25, 0.3) is 0 Å². The van der Waals surface area contributed by atoms with E-state index < -0.39 is 13.7 Å². The Hall–Kier alpha value is -4.30. The van der Waals surface area contributed by atoms with Crippen molar-refractivity contribution in [1.82, 2.24) is 9.97 Å². The Kier molecular flexibility index (Phi) is 9.25. The maximum atomic E-state index is 7.64. The summed E-state index contributed by atoms with van der Waals surface area (Å²) in [4.78, 5) is 8.80. The standard InChI is InChI=1S/C46H38N2.2Ir/c1-29-15-25-43(47-27-29)37-21-17-35(18-22-37)39-11-7-9-13-41(39)45-31(3)33(5)46(34(6)32(45)4)42-14-10-8-12-40(42)36-19-23-38(24-20-36)44-26-16-30(2)28-48-44;;/h7-21,23,25-28H,1-6H3;;/q-2;;/i1D3,2D3;;. The summed E-state index contributed by atoms with van der Waals surface area (Å²) in [6.07, 6.45) is 2.83. The van der Waals surface area contributed by atoms with Gasteiger partial charge in [0.15, 0.2) is 0 Å². The van der Waals surface area contributed by atoms with Gasteiger partial charge in [0, 0.05) is 60.8 Å². The number of pyridine rings is 2. The van der Waals surface area contributed by atoms with E-state index in [9.17, 15) is 0 Å². The van der Waals surface area contributed by atoms with Crippen LogP contribution >= 0.6 is 0 Å². The fourth-order valence-corrected chi connectivity index (χ4v) is 6.64. The molecule has 0 spiro atoms. The molecule has 0 atom stereocenters. The maximum Gasteiger partial charge on any atom is 0.0280 e. The van der Waals surface area contributed by atoms with Gasteiger partial charge >= 0.3 is 0 Å². The van der Waals surface area contributed by atoms with Gasteiger partial charge in [-0.3, -0.25) is 0 Å². The molecular formula is C46H38Ir2N2-2. The molecule has 4 heteroatoms. The van der Waals surface area contributed by atoms with E-state index in [1.807, 2.05) is 24.3 Å². The molecule has 0 fully saturated rings. The molecule has 50 heavy (non-hydrogen) atoms. The smallest absolute Gasteiger partial charge is 0.0280 e. The molecule has 2 heterocycles. The normalized spacial score (nSPS) is 13.0. The van der Waals surface area contributed by atoms with Crippen LogP contribution < -0.4 is 0 Å². The molecule has 0 bridgehead atoms. The number of nitrogens with zero attached hydrogens (tertiary/aromatic N) is 2. The van der Waals surface area contributed by atoms with Crippen molar-refractivity contribution in [3.63, 3.8) is 0 Å². The summed E-state index contributed by atoms with van der Waals surface area (Å²) >= 11 is 0. The van der Waals surface area contributed by atoms with E-state index in [0.717, 1.165) is 44.5 Å². The summed E-state index contributed by atoms with van der Waals surface area (Å²) in [5.41, 5.74) is 17.2. The number of benzene rings is 5. The molecule has 0 aliphatic rings. The van der Waals surface area contributed by atoms with E-state index in [2.05, 4.69) is 110 Å². The first-order valence-electron chi connectivity index (χ1n) is 19.0. The van der Waals surface area contributed by atoms with Gasteiger partial charge in [-0.25, -0.2) is 0 Å². The van der Waals surface area contributed by atoms with Gasteiger partial charge in [-0.2, -0.15) is 0 Å². The van der Waals surface area contributed by atoms with Crippen LogP contribution in [0.1, 0.15) is 41.6 Å². The van der Waals surface area contributed by atoms with Crippen molar-refractivity contribution in [2.75, 3.05) is 0 Å². The Balaban J connectivity index is 0.00000300. The Morgan fingerprint density at radius 2 is 0.840 bits per heavy atom. The predicted octanol–water partition coefficient (Wildman–Crippen LogP) is 11.9. The van der Waals surface area contributed by atoms with Crippen LogP contribution in [0.5, 0.6) is 0 Å². The topological polar surface area (TPSA) is 25.8 Å². The van der Waals surface area contributed by atoms with E-state index >= 15 is 0 Å². The molecule has 7 rings (SSSR count). The molecule has 0 unspecified atom stereocenters. The molecule has 0 aliphatic heterocycles. The third-order valence-electron chi connectivity index (χ3n) is 9.34. The van der Waals surface area contributed by atoms with Crippen LogP contribution in [-0.2, 0) is 40.2 Å². The largest absolute Gasteiger partial charge is 0.304 e. The third kappa shape index (κ3) is 7.13. The fraction of sp³-hybridized carbons (Fsp3) is 0.130. The Bertz CT molecular complexity index is 2270. The van der Waals surface area contributed by atoms with Gasteiger partial charge in [-0.1, -0.05) is 95.1 Å². The number of aryl methyl sites for hydroxylation is 2. The second-order valence-corrected chi connectivity index (χ2v) is 12.2. The summed E-state index contributed by atoms with van der Waals surface area (Å²) in [6, 6.07) is 42.4. The summed E-state index contributed by atoms with van der Waals surface area (Å²) < 4.78 is 45.8. The molecule has 0 saturated carbocycles. The minimum absolute atomic E-state index is 0. The van der Waals surface area contributed by atoms with Crippen LogP contribution in [0, 0.1) is 53.5 Å². The minimum Gasteiger partial charge on any atom is -0.304 e. The van der Waals surface area contributed by atoms with Gasteiger partial charge < -0.3 is 9.97 Å². The van der Waals surface area contributed by atoms with Gasteiger partial charge in [-0.05, 0) is 108 Å². The SMILES string of the molecule is [2H]C([2H])([2H])c1ccc(-c2[c-]cc(-c3ccccc3-c3c(C)c(C)c(-c4ccccc4-c4c[c-]c(-c5ccc(C([2H])([2H])[2H])cn5)cc4)c(C)c3C)cc2)nc1.[Ir].[Ir]. The van der Waals surface area contributed by atoms with Gasteiger partial charge in [0.05, 0.1) is 0 Å². The van der Waals surface area contributed by atoms with Crippen molar-refractivity contribution in [3.8, 4) is 67.0 Å². The Morgan fingerprint density at radius 3 is 1.14 bits per heavy atom. The zero-order valence-corrected chi connectivity index (χ0v) is 32.9. The van der Waals surface area contributed by atoms with Crippen molar-refractivity contribution in [2.24, 2.45) is 0 Å². The van der Waals surface area contributed by atoms with Crippen LogP contribution in [0.4, 0.5) is 0 Å². The average Bonchev–Trinajstić information content (AvgIpc) is 3.17. The summed E-state index contributed by atoms with van der Waals surface area (Å²) in [7, 11) is 0. The zero-order chi connectivity index (χ0) is 38.4. The first-order chi connectivity index (χ1) is 25.7. The van der Waals surface area contributed by atoms with Crippen molar-refractivity contribution >= 4 is 0 Å². The van der Waals surface area contributed by atoms with Gasteiger partial charge in [0.2, 0.25) is 0 Å². The summed E-state index contributed by atoms with van der Waals surface area (Å²) in [6.45, 7) is 4.44. The molecule has 0 saturated heterocycles. The fourth-order valence-electron chi connectivity index (χ4n) is 6.64. The quantitative estimate of drug-likeness (QED) is 0.155. The number of aromatic nitrogens is 2. The molecule has 5 aromatic carbocycles. The second-order valence-electron chi connectivity index (χ2n) is 12.2. The summed E-state index contributed by atoms with van der Waals surface area (Å²) in [5.74, 6) is 0. The molecule has 0 aliphatic carbocycles. The van der Waals surface area contributed by atoms with Crippen molar-refractivity contribution in [2.45, 2.75) is 41.4 Å². The molecule has 2 aromatic heterocycles. The first-order valence-corrected chi connectivity index (χ1v) is 16.0. The number of hydrogen-bond acceptors (Lipinski definition) is 2. The Morgan fingerprint density at radius 1 is 0.460 bits per heavy atom. The van der Waals surface area contributed by atoms with Crippen LogP contribution in [0.2, 0.25) is 0 Å². The van der Waals surface area contributed by atoms with Crippen molar-refractivity contribution in [1.29, 1.82) is 0 Å². The molecule has 252 valence electrons. The Labute approximate surface area is 332 Å². The molecule has 2 nitrogen and oxygen atoms in total. The monoisotopic (exact) mass is 1010 g/mol. The first kappa shape index (κ1) is 29.4. The van der Waals surface area contributed by atoms with E-state index in [-0.39, 0.29) is 51.3 Å². The summed E-state index contributed by atoms with van der Waals surface area (Å²) in [5, 5.41) is 0. The van der Waals surface area contributed by atoms with E-state index in [4.69, 9.17) is 8.22 Å². The second kappa shape index (κ2) is 15.7. The van der Waals surface area contributed by atoms with E-state index in [1.165, 1.54) is 45.8 Å². The minimum atomic E-state index is -2.19. The molecular weight excluding hydrogens is 965 g/mol. The zero-order valence-electron chi connectivity index (χ0n) is 34.1. The van der Waals surface area contributed by atoms with Crippen molar-refractivity contribution < 1.29 is 48.4 Å². The predicted molar refractivity (Wildman–Crippen MR) is 201 cm³/mol. The third-order valence-corrected chi connectivity index (χ3v) is 9.34.